The maximum absolute atomic E-state index is 11.6. The van der Waals surface area contributed by atoms with Gasteiger partial charge in [0.1, 0.15) is 5.52 Å². The molecule has 4 nitrogen and oxygen atoms in total. The van der Waals surface area contributed by atoms with E-state index >= 15 is 0 Å². The Morgan fingerprint density at radius 1 is 1.50 bits per heavy atom. The zero-order valence-corrected chi connectivity index (χ0v) is 10.2. The van der Waals surface area contributed by atoms with Crippen molar-refractivity contribution < 1.29 is 9.53 Å². The molecule has 0 fully saturated rings. The Bertz CT molecular complexity index is 548. The van der Waals surface area contributed by atoms with E-state index in [4.69, 9.17) is 4.74 Å². The fraction of sp³-hybridized carbons (Fsp3) is 0.364. The number of methoxy groups -OCH3 is 1. The summed E-state index contributed by atoms with van der Waals surface area (Å²) >= 11 is 1.59. The summed E-state index contributed by atoms with van der Waals surface area (Å²) in [6.45, 7) is 3.90. The van der Waals surface area contributed by atoms with Crippen molar-refractivity contribution >= 4 is 27.5 Å². The Hall–Kier alpha value is -1.49. The van der Waals surface area contributed by atoms with E-state index in [0.29, 0.717) is 11.2 Å². The van der Waals surface area contributed by atoms with Gasteiger partial charge in [0.15, 0.2) is 5.69 Å². The van der Waals surface area contributed by atoms with Gasteiger partial charge in [-0.2, -0.15) is 0 Å². The molecule has 0 aliphatic heterocycles. The smallest absolute Gasteiger partial charge is 0.358 e. The van der Waals surface area contributed by atoms with Crippen LogP contribution < -0.4 is 0 Å². The molecule has 0 aromatic carbocycles. The lowest BCUT2D eigenvalue weighted by Gasteiger charge is -2.00. The second-order valence-electron chi connectivity index (χ2n) is 3.41. The van der Waals surface area contributed by atoms with Crippen molar-refractivity contribution in [1.29, 1.82) is 0 Å². The van der Waals surface area contributed by atoms with Crippen LogP contribution in [0.2, 0.25) is 0 Å². The fourth-order valence-electron chi connectivity index (χ4n) is 1.49. The first kappa shape index (κ1) is 11.0. The predicted octanol–water partition coefficient (Wildman–Crippen LogP) is 2.35. The van der Waals surface area contributed by atoms with Crippen molar-refractivity contribution in [1.82, 2.24) is 9.97 Å². The largest absolute Gasteiger partial charge is 0.464 e. The van der Waals surface area contributed by atoms with Crippen LogP contribution in [0.15, 0.2) is 6.07 Å². The van der Waals surface area contributed by atoms with Crippen molar-refractivity contribution in [2.24, 2.45) is 0 Å². The minimum absolute atomic E-state index is 0.313. The van der Waals surface area contributed by atoms with Crippen LogP contribution in [0.3, 0.4) is 0 Å². The van der Waals surface area contributed by atoms with Gasteiger partial charge in [0.25, 0.3) is 0 Å². The summed E-state index contributed by atoms with van der Waals surface area (Å²) < 4.78 is 5.70. The Kier molecular flexibility index (Phi) is 2.87. The van der Waals surface area contributed by atoms with Crippen LogP contribution in [0.4, 0.5) is 0 Å². The van der Waals surface area contributed by atoms with Crippen LogP contribution in [-0.4, -0.2) is 23.0 Å². The van der Waals surface area contributed by atoms with Gasteiger partial charge in [-0.3, -0.25) is 0 Å². The maximum atomic E-state index is 11.6. The summed E-state index contributed by atoms with van der Waals surface area (Å²) in [7, 11) is 1.35. The van der Waals surface area contributed by atoms with Gasteiger partial charge in [0, 0.05) is 5.69 Å². The van der Waals surface area contributed by atoms with E-state index in [2.05, 4.69) is 9.97 Å². The molecule has 2 aromatic rings. The van der Waals surface area contributed by atoms with Crippen LogP contribution in [0.25, 0.3) is 10.2 Å². The number of nitrogens with zero attached hydrogens (tertiary/aromatic N) is 2. The molecule has 2 heterocycles. The maximum Gasteiger partial charge on any atom is 0.358 e. The van der Waals surface area contributed by atoms with Crippen molar-refractivity contribution in [3.05, 3.63) is 22.5 Å². The molecule has 0 unspecified atom stereocenters. The SMILES string of the molecule is CCc1nc2c(C(=O)OC)nc(C)cc2s1. The number of aromatic nitrogens is 2. The molecular weight excluding hydrogens is 224 g/mol. The lowest BCUT2D eigenvalue weighted by atomic mass is 10.3. The summed E-state index contributed by atoms with van der Waals surface area (Å²) in [6, 6.07) is 1.94. The van der Waals surface area contributed by atoms with Crippen molar-refractivity contribution in [3.8, 4) is 0 Å². The molecule has 0 saturated carbocycles. The third kappa shape index (κ3) is 1.78. The first-order valence-corrected chi connectivity index (χ1v) is 5.82. The second kappa shape index (κ2) is 4.17. The van der Waals surface area contributed by atoms with Crippen LogP contribution in [-0.2, 0) is 11.2 Å². The Morgan fingerprint density at radius 3 is 2.88 bits per heavy atom. The molecule has 0 amide bonds. The number of rotatable bonds is 2. The van der Waals surface area contributed by atoms with Gasteiger partial charge in [-0.25, -0.2) is 14.8 Å². The number of ether oxygens (including phenoxy) is 1. The highest BCUT2D eigenvalue weighted by molar-refractivity contribution is 7.18. The quantitative estimate of drug-likeness (QED) is 0.751. The average molecular weight is 236 g/mol. The molecule has 5 heteroatoms. The van der Waals surface area contributed by atoms with Crippen molar-refractivity contribution in [3.63, 3.8) is 0 Å². The summed E-state index contributed by atoms with van der Waals surface area (Å²) in [5.41, 5.74) is 1.77. The van der Waals surface area contributed by atoms with Gasteiger partial charge >= 0.3 is 5.97 Å². The topological polar surface area (TPSA) is 52.1 Å². The van der Waals surface area contributed by atoms with Gasteiger partial charge in [-0.1, -0.05) is 6.92 Å². The molecule has 16 heavy (non-hydrogen) atoms. The van der Waals surface area contributed by atoms with E-state index in [-0.39, 0.29) is 0 Å². The standard InChI is InChI=1S/C11H12N2O2S/c1-4-8-13-9-7(16-8)5-6(2)12-10(9)11(14)15-3/h5H,4H2,1-3H3. The number of carbonyl (C=O) groups excluding carboxylic acids is 1. The molecule has 0 radical (unpaired) electrons. The number of carbonyl (C=O) groups is 1. The Balaban J connectivity index is 2.70. The average Bonchev–Trinajstić information content (AvgIpc) is 2.69. The molecule has 0 bridgehead atoms. The summed E-state index contributed by atoms with van der Waals surface area (Å²) in [5, 5.41) is 1.01. The minimum Gasteiger partial charge on any atom is -0.464 e. The summed E-state index contributed by atoms with van der Waals surface area (Å²) in [4.78, 5) is 20.1. The number of hydrogen-bond acceptors (Lipinski definition) is 5. The van der Waals surface area contributed by atoms with E-state index in [1.54, 1.807) is 11.3 Å². The number of hydrogen-bond donors (Lipinski definition) is 0. The van der Waals surface area contributed by atoms with E-state index in [9.17, 15) is 4.79 Å². The molecule has 84 valence electrons. The van der Waals surface area contributed by atoms with E-state index < -0.39 is 5.97 Å². The highest BCUT2D eigenvalue weighted by Gasteiger charge is 2.16. The first-order valence-electron chi connectivity index (χ1n) is 5.01. The van der Waals surface area contributed by atoms with Crippen LogP contribution in [0.5, 0.6) is 0 Å². The molecule has 0 saturated heterocycles. The number of fused-ring (bicyclic) bond motifs is 1. The van der Waals surface area contributed by atoms with Crippen molar-refractivity contribution in [2.75, 3.05) is 7.11 Å². The number of esters is 1. The molecule has 0 aliphatic rings. The highest BCUT2D eigenvalue weighted by atomic mass is 32.1. The van der Waals surface area contributed by atoms with Crippen molar-refractivity contribution in [2.45, 2.75) is 20.3 Å². The Morgan fingerprint density at radius 2 is 2.25 bits per heavy atom. The number of pyridine rings is 1. The van der Waals surface area contributed by atoms with Crippen LogP contribution in [0, 0.1) is 6.92 Å². The number of aryl methyl sites for hydroxylation is 2. The monoisotopic (exact) mass is 236 g/mol. The van der Waals surface area contributed by atoms with Gasteiger partial charge in [0.05, 0.1) is 16.8 Å². The first-order chi connectivity index (χ1) is 7.65. The van der Waals surface area contributed by atoms with Crippen LogP contribution >= 0.6 is 11.3 Å². The van der Waals surface area contributed by atoms with Gasteiger partial charge in [0.2, 0.25) is 0 Å². The van der Waals surface area contributed by atoms with E-state index in [1.807, 2.05) is 19.9 Å². The minimum atomic E-state index is -0.429. The molecule has 0 N–H and O–H groups in total. The molecule has 2 rings (SSSR count). The zero-order chi connectivity index (χ0) is 11.7. The fourth-order valence-corrected chi connectivity index (χ4v) is 2.49. The van der Waals surface area contributed by atoms with E-state index in [1.165, 1.54) is 7.11 Å². The third-order valence-electron chi connectivity index (χ3n) is 2.23. The van der Waals surface area contributed by atoms with Gasteiger partial charge in [-0.15, -0.1) is 11.3 Å². The van der Waals surface area contributed by atoms with E-state index in [0.717, 1.165) is 21.8 Å². The lowest BCUT2D eigenvalue weighted by Crippen LogP contribution is -2.06. The van der Waals surface area contributed by atoms with Gasteiger partial charge in [-0.05, 0) is 19.4 Å². The molecule has 0 spiro atoms. The molecule has 0 atom stereocenters. The highest BCUT2D eigenvalue weighted by Crippen LogP contribution is 2.25. The summed E-state index contributed by atoms with van der Waals surface area (Å²) in [5.74, 6) is -0.429. The van der Waals surface area contributed by atoms with Gasteiger partial charge < -0.3 is 4.74 Å². The predicted molar refractivity (Wildman–Crippen MR) is 62.9 cm³/mol. The molecular formula is C11H12N2O2S. The second-order valence-corrected chi connectivity index (χ2v) is 4.53. The molecule has 2 aromatic heterocycles. The Labute approximate surface area is 97.3 Å². The van der Waals surface area contributed by atoms with Crippen LogP contribution in [0.1, 0.15) is 28.1 Å². The number of thiazole rings is 1. The zero-order valence-electron chi connectivity index (χ0n) is 9.40. The lowest BCUT2D eigenvalue weighted by molar-refractivity contribution is 0.0596. The summed E-state index contributed by atoms with van der Waals surface area (Å²) in [6.07, 6.45) is 0.860. The normalized spacial score (nSPS) is 10.7. The molecule has 0 aliphatic carbocycles. The third-order valence-corrected chi connectivity index (χ3v) is 3.38.